The van der Waals surface area contributed by atoms with E-state index in [-0.39, 0.29) is 0 Å². The molecule has 0 fully saturated rings. The van der Waals surface area contributed by atoms with Gasteiger partial charge in [-0.1, -0.05) is 0 Å². The van der Waals surface area contributed by atoms with E-state index in [0.717, 1.165) is 11.0 Å². The summed E-state index contributed by atoms with van der Waals surface area (Å²) < 4.78 is 1.93. The minimum atomic E-state index is 0.457. The monoisotopic (exact) mass is 194 g/mol. The second-order valence-electron chi connectivity index (χ2n) is 3.26. The van der Waals surface area contributed by atoms with Crippen LogP contribution >= 0.6 is 11.6 Å². The number of nitrogens with zero attached hydrogens (tertiary/aromatic N) is 2. The van der Waals surface area contributed by atoms with Gasteiger partial charge in [-0.3, -0.25) is 0 Å². The van der Waals surface area contributed by atoms with Gasteiger partial charge in [0.1, 0.15) is 0 Å². The third kappa shape index (κ3) is 1.31. The van der Waals surface area contributed by atoms with Gasteiger partial charge in [-0.25, -0.2) is 4.98 Å². The molecule has 2 rings (SSSR count). The first kappa shape index (κ1) is 8.57. The zero-order valence-electron chi connectivity index (χ0n) is 7.71. The molecule has 1 aromatic carbocycles. The Morgan fingerprint density at radius 1 is 1.31 bits per heavy atom. The summed E-state index contributed by atoms with van der Waals surface area (Å²) in [5, 5.41) is 0. The summed E-state index contributed by atoms with van der Waals surface area (Å²) >= 11 is 5.76. The van der Waals surface area contributed by atoms with Gasteiger partial charge in [0.25, 0.3) is 0 Å². The van der Waals surface area contributed by atoms with E-state index in [4.69, 9.17) is 11.6 Å². The number of imidazole rings is 1. The predicted molar refractivity (Wildman–Crippen MR) is 55.1 cm³/mol. The van der Waals surface area contributed by atoms with E-state index in [1.54, 1.807) is 6.33 Å². The molecule has 0 amide bonds. The minimum absolute atomic E-state index is 0.457. The number of benzene rings is 1. The van der Waals surface area contributed by atoms with Crippen LogP contribution in [0.5, 0.6) is 0 Å². The molecule has 1 aromatic heterocycles. The molecule has 0 bridgehead atoms. The molecule has 1 heterocycles. The number of hydrogen-bond donors (Lipinski definition) is 0. The molecule has 0 aliphatic carbocycles. The van der Waals surface area contributed by atoms with Gasteiger partial charge in [0.15, 0.2) is 0 Å². The molecule has 0 spiro atoms. The zero-order valence-corrected chi connectivity index (χ0v) is 8.47. The summed E-state index contributed by atoms with van der Waals surface area (Å²) in [6.45, 7) is 4.19. The van der Waals surface area contributed by atoms with Crippen molar-refractivity contribution in [2.24, 2.45) is 0 Å². The molecule has 0 saturated carbocycles. The lowest BCUT2D eigenvalue weighted by Crippen LogP contribution is -1.89. The standard InChI is InChI=1S/C10H11ClN2/c1-7-3-9-10(4-8(7)2)13(5-11)6-12-9/h3-4,6H,5H2,1-2H3. The molecule has 0 unspecified atom stereocenters. The predicted octanol–water partition coefficient (Wildman–Crippen LogP) is 2.85. The molecule has 0 N–H and O–H groups in total. The molecule has 2 nitrogen and oxygen atoms in total. The second-order valence-corrected chi connectivity index (χ2v) is 3.50. The van der Waals surface area contributed by atoms with Gasteiger partial charge in [-0.05, 0) is 37.1 Å². The first-order chi connectivity index (χ1) is 6.22. The average Bonchev–Trinajstić information content (AvgIpc) is 2.48. The lowest BCUT2D eigenvalue weighted by molar-refractivity contribution is 0.913. The van der Waals surface area contributed by atoms with Crippen LogP contribution in [0.4, 0.5) is 0 Å². The fraction of sp³-hybridized carbons (Fsp3) is 0.300. The van der Waals surface area contributed by atoms with E-state index >= 15 is 0 Å². The van der Waals surface area contributed by atoms with Crippen molar-refractivity contribution in [1.82, 2.24) is 9.55 Å². The topological polar surface area (TPSA) is 17.8 Å². The van der Waals surface area contributed by atoms with Crippen molar-refractivity contribution in [3.8, 4) is 0 Å². The highest BCUT2D eigenvalue weighted by molar-refractivity contribution is 6.15. The Labute approximate surface area is 82.1 Å². The van der Waals surface area contributed by atoms with E-state index < -0.39 is 0 Å². The van der Waals surface area contributed by atoms with E-state index in [9.17, 15) is 0 Å². The van der Waals surface area contributed by atoms with Crippen LogP contribution < -0.4 is 0 Å². The first-order valence-electron chi connectivity index (χ1n) is 4.20. The zero-order chi connectivity index (χ0) is 9.42. The number of hydrogen-bond acceptors (Lipinski definition) is 1. The Morgan fingerprint density at radius 2 is 2.00 bits per heavy atom. The summed E-state index contributed by atoms with van der Waals surface area (Å²) in [7, 11) is 0. The van der Waals surface area contributed by atoms with Crippen molar-refractivity contribution in [2.45, 2.75) is 19.9 Å². The highest BCUT2D eigenvalue weighted by Crippen LogP contribution is 2.18. The number of aryl methyl sites for hydroxylation is 2. The molecular weight excluding hydrogens is 184 g/mol. The lowest BCUT2D eigenvalue weighted by atomic mass is 10.1. The highest BCUT2D eigenvalue weighted by Gasteiger charge is 2.03. The molecule has 0 radical (unpaired) electrons. The molecule has 13 heavy (non-hydrogen) atoms. The van der Waals surface area contributed by atoms with E-state index in [0.29, 0.717) is 6.00 Å². The largest absolute Gasteiger partial charge is 0.316 e. The molecule has 3 heteroatoms. The van der Waals surface area contributed by atoms with Crippen LogP contribution in [0.3, 0.4) is 0 Å². The molecule has 0 saturated heterocycles. The fourth-order valence-electron chi connectivity index (χ4n) is 1.41. The van der Waals surface area contributed by atoms with Crippen LogP contribution in [0, 0.1) is 13.8 Å². The second kappa shape index (κ2) is 3.04. The van der Waals surface area contributed by atoms with Crippen LogP contribution in [0.25, 0.3) is 11.0 Å². The molecule has 0 atom stereocenters. The van der Waals surface area contributed by atoms with Gasteiger partial charge in [0.2, 0.25) is 0 Å². The Hall–Kier alpha value is -1.02. The molecule has 2 aromatic rings. The smallest absolute Gasteiger partial charge is 0.0986 e. The minimum Gasteiger partial charge on any atom is -0.316 e. The summed E-state index contributed by atoms with van der Waals surface area (Å²) in [4.78, 5) is 4.27. The Kier molecular flexibility index (Phi) is 2.00. The van der Waals surface area contributed by atoms with Crippen LogP contribution in [0.1, 0.15) is 11.1 Å². The van der Waals surface area contributed by atoms with E-state index in [1.807, 2.05) is 4.57 Å². The van der Waals surface area contributed by atoms with Crippen LogP contribution in [0.2, 0.25) is 0 Å². The van der Waals surface area contributed by atoms with Crippen LogP contribution in [0.15, 0.2) is 18.5 Å². The summed E-state index contributed by atoms with van der Waals surface area (Å²) in [6, 6.07) is 4.67. The van der Waals surface area contributed by atoms with Gasteiger partial charge in [-0.15, -0.1) is 11.6 Å². The van der Waals surface area contributed by atoms with Gasteiger partial charge in [0.05, 0.1) is 23.4 Å². The highest BCUT2D eigenvalue weighted by atomic mass is 35.5. The average molecular weight is 195 g/mol. The summed E-state index contributed by atoms with van der Waals surface area (Å²) in [6.07, 6.45) is 1.77. The maximum absolute atomic E-state index is 5.76. The maximum Gasteiger partial charge on any atom is 0.0986 e. The fourth-order valence-corrected chi connectivity index (χ4v) is 1.60. The third-order valence-electron chi connectivity index (χ3n) is 2.37. The Bertz CT molecular complexity index is 445. The number of halogens is 1. The quantitative estimate of drug-likeness (QED) is 0.639. The number of alkyl halides is 1. The summed E-state index contributed by atoms with van der Waals surface area (Å²) in [5.74, 6) is 0. The third-order valence-corrected chi connectivity index (χ3v) is 2.62. The van der Waals surface area contributed by atoms with Gasteiger partial charge in [-0.2, -0.15) is 0 Å². The molecular formula is C10H11ClN2. The van der Waals surface area contributed by atoms with Crippen molar-refractivity contribution < 1.29 is 0 Å². The Morgan fingerprint density at radius 3 is 2.69 bits per heavy atom. The van der Waals surface area contributed by atoms with Gasteiger partial charge >= 0.3 is 0 Å². The molecule has 0 aliphatic heterocycles. The number of fused-ring (bicyclic) bond motifs is 1. The summed E-state index contributed by atoms with van der Waals surface area (Å²) in [5.41, 5.74) is 4.67. The normalized spacial score (nSPS) is 11.0. The van der Waals surface area contributed by atoms with Crippen molar-refractivity contribution in [3.05, 3.63) is 29.6 Å². The van der Waals surface area contributed by atoms with Crippen LogP contribution in [-0.2, 0) is 6.00 Å². The Balaban J connectivity index is 2.77. The molecule has 68 valence electrons. The van der Waals surface area contributed by atoms with Crippen molar-refractivity contribution in [3.63, 3.8) is 0 Å². The van der Waals surface area contributed by atoms with E-state index in [1.165, 1.54) is 11.1 Å². The van der Waals surface area contributed by atoms with Crippen molar-refractivity contribution in [2.75, 3.05) is 0 Å². The SMILES string of the molecule is Cc1cc2ncn(CCl)c2cc1C. The maximum atomic E-state index is 5.76. The number of aromatic nitrogens is 2. The van der Waals surface area contributed by atoms with Crippen molar-refractivity contribution >= 4 is 22.6 Å². The van der Waals surface area contributed by atoms with Gasteiger partial charge in [0, 0.05) is 0 Å². The molecule has 0 aliphatic rings. The van der Waals surface area contributed by atoms with Crippen LogP contribution in [-0.4, -0.2) is 9.55 Å². The van der Waals surface area contributed by atoms with E-state index in [2.05, 4.69) is 31.0 Å². The lowest BCUT2D eigenvalue weighted by Gasteiger charge is -2.01. The van der Waals surface area contributed by atoms with Gasteiger partial charge < -0.3 is 4.57 Å². The van der Waals surface area contributed by atoms with Crippen molar-refractivity contribution in [1.29, 1.82) is 0 Å². The number of rotatable bonds is 1. The first-order valence-corrected chi connectivity index (χ1v) is 4.74.